The second-order valence-corrected chi connectivity index (χ2v) is 7.58. The molecule has 0 unspecified atom stereocenters. The third-order valence-electron chi connectivity index (χ3n) is 4.92. The van der Waals surface area contributed by atoms with Gasteiger partial charge in [-0.3, -0.25) is 4.79 Å². The number of ether oxygens (including phenoxy) is 2. The number of benzene rings is 2. The fourth-order valence-electron chi connectivity index (χ4n) is 3.40. The van der Waals surface area contributed by atoms with E-state index < -0.39 is 11.5 Å². The highest BCUT2D eigenvalue weighted by atomic mass is 79.9. The molecule has 1 aromatic heterocycles. The van der Waals surface area contributed by atoms with Crippen LogP contribution in [0.25, 0.3) is 11.3 Å². The Hall–Kier alpha value is -3.06. The molecule has 0 saturated carbocycles. The number of halogens is 1. The van der Waals surface area contributed by atoms with E-state index in [1.807, 2.05) is 37.3 Å². The van der Waals surface area contributed by atoms with Crippen molar-refractivity contribution in [1.29, 1.82) is 0 Å². The van der Waals surface area contributed by atoms with Gasteiger partial charge in [0, 0.05) is 16.1 Å². The van der Waals surface area contributed by atoms with Crippen molar-refractivity contribution in [3.05, 3.63) is 80.0 Å². The van der Waals surface area contributed by atoms with Crippen LogP contribution in [0.1, 0.15) is 28.4 Å². The minimum Gasteiger partial charge on any atom is -0.497 e. The van der Waals surface area contributed by atoms with Crippen LogP contribution in [0, 0.1) is 0 Å². The minimum atomic E-state index is -1.24. The molecule has 0 spiro atoms. The number of carboxylic acids is 1. The molecule has 0 atom stereocenters. The maximum absolute atomic E-state index is 13.2. The van der Waals surface area contributed by atoms with Gasteiger partial charge in [0.25, 0.3) is 5.56 Å². The molecule has 6 nitrogen and oxygen atoms in total. The monoisotopic (exact) mass is 471 g/mol. The van der Waals surface area contributed by atoms with Crippen LogP contribution < -0.4 is 15.0 Å². The van der Waals surface area contributed by atoms with Crippen LogP contribution in [0.4, 0.5) is 0 Å². The van der Waals surface area contributed by atoms with Crippen molar-refractivity contribution >= 4 is 21.9 Å². The summed E-state index contributed by atoms with van der Waals surface area (Å²) in [6.45, 7) is 2.09. The summed E-state index contributed by atoms with van der Waals surface area (Å²) < 4.78 is 13.1. The Labute approximate surface area is 182 Å². The van der Waals surface area contributed by atoms with Crippen molar-refractivity contribution in [1.82, 2.24) is 4.57 Å². The first-order valence-electron chi connectivity index (χ1n) is 9.36. The average molecular weight is 472 g/mol. The molecule has 7 heteroatoms. The zero-order valence-electron chi connectivity index (χ0n) is 16.9. The van der Waals surface area contributed by atoms with E-state index >= 15 is 0 Å². The van der Waals surface area contributed by atoms with Gasteiger partial charge in [-0.15, -0.1) is 0 Å². The third kappa shape index (κ3) is 4.26. The van der Waals surface area contributed by atoms with Gasteiger partial charge in [0.2, 0.25) is 0 Å². The smallest absolute Gasteiger partial charge is 0.341 e. The maximum Gasteiger partial charge on any atom is 0.341 e. The molecule has 0 saturated heterocycles. The van der Waals surface area contributed by atoms with Gasteiger partial charge >= 0.3 is 5.97 Å². The highest BCUT2D eigenvalue weighted by Crippen LogP contribution is 2.29. The lowest BCUT2D eigenvalue weighted by Crippen LogP contribution is -2.29. The van der Waals surface area contributed by atoms with Crippen molar-refractivity contribution in [3.8, 4) is 22.8 Å². The molecule has 1 N–H and O–H groups in total. The van der Waals surface area contributed by atoms with Crippen LogP contribution in [0.15, 0.2) is 57.8 Å². The van der Waals surface area contributed by atoms with Gasteiger partial charge in [-0.2, -0.15) is 0 Å². The minimum absolute atomic E-state index is 0.158. The quantitative estimate of drug-likeness (QED) is 0.544. The van der Waals surface area contributed by atoms with Gasteiger partial charge in [-0.05, 0) is 47.9 Å². The molecular weight excluding hydrogens is 450 g/mol. The summed E-state index contributed by atoms with van der Waals surface area (Å²) in [4.78, 5) is 24.9. The molecule has 156 valence electrons. The summed E-state index contributed by atoms with van der Waals surface area (Å²) in [5.74, 6) is -0.0566. The van der Waals surface area contributed by atoms with Crippen LogP contribution in [0.2, 0.25) is 0 Å². The molecule has 0 aliphatic rings. The van der Waals surface area contributed by atoms with Crippen LogP contribution in [-0.2, 0) is 13.0 Å². The number of rotatable bonds is 7. The van der Waals surface area contributed by atoms with E-state index in [0.717, 1.165) is 21.2 Å². The standard InChI is InChI=1S/C23H22BrNO5/c1-4-14-11-19(23(27)28)22(26)25(21(14)15-5-8-17(24)9-6-15)13-16-7-10-18(29-2)12-20(16)30-3/h5-12H,4,13H2,1-3H3,(H,27,28). The Kier molecular flexibility index (Phi) is 6.62. The number of carboxylic acid groups (broad SMARTS) is 1. The lowest BCUT2D eigenvalue weighted by Gasteiger charge is -2.19. The number of nitrogens with zero attached hydrogens (tertiary/aromatic N) is 1. The Morgan fingerprint density at radius 1 is 1.03 bits per heavy atom. The molecule has 1 heterocycles. The zero-order chi connectivity index (χ0) is 21.8. The van der Waals surface area contributed by atoms with Crippen LogP contribution in [-0.4, -0.2) is 29.9 Å². The average Bonchev–Trinajstić information content (AvgIpc) is 2.75. The molecule has 3 aromatic rings. The number of pyridine rings is 1. The summed E-state index contributed by atoms with van der Waals surface area (Å²) in [7, 11) is 3.11. The fraction of sp³-hybridized carbons (Fsp3) is 0.217. The van der Waals surface area contributed by atoms with Crippen molar-refractivity contribution in [2.24, 2.45) is 0 Å². The molecule has 0 radical (unpaired) electrons. The Balaban J connectivity index is 2.28. The fourth-order valence-corrected chi connectivity index (χ4v) is 3.66. The first-order chi connectivity index (χ1) is 14.4. The highest BCUT2D eigenvalue weighted by Gasteiger charge is 2.20. The topological polar surface area (TPSA) is 77.8 Å². The van der Waals surface area contributed by atoms with E-state index in [-0.39, 0.29) is 12.1 Å². The SMILES string of the molecule is CCc1cc(C(=O)O)c(=O)n(Cc2ccc(OC)cc2OC)c1-c1ccc(Br)cc1. The van der Waals surface area contributed by atoms with Gasteiger partial charge in [-0.25, -0.2) is 4.79 Å². The van der Waals surface area contributed by atoms with E-state index in [9.17, 15) is 14.7 Å². The predicted octanol–water partition coefficient (Wildman–Crippen LogP) is 4.60. The number of methoxy groups -OCH3 is 2. The summed E-state index contributed by atoms with van der Waals surface area (Å²) >= 11 is 3.43. The third-order valence-corrected chi connectivity index (χ3v) is 5.45. The van der Waals surface area contributed by atoms with Crippen molar-refractivity contribution < 1.29 is 19.4 Å². The first-order valence-corrected chi connectivity index (χ1v) is 10.2. The summed E-state index contributed by atoms with van der Waals surface area (Å²) in [6, 6.07) is 14.4. The van der Waals surface area contributed by atoms with Gasteiger partial charge < -0.3 is 19.1 Å². The van der Waals surface area contributed by atoms with Gasteiger partial charge in [0.05, 0.1) is 26.5 Å². The Morgan fingerprint density at radius 3 is 2.30 bits per heavy atom. The number of hydrogen-bond donors (Lipinski definition) is 1. The second kappa shape index (κ2) is 9.17. The largest absolute Gasteiger partial charge is 0.497 e. The zero-order valence-corrected chi connectivity index (χ0v) is 18.5. The van der Waals surface area contributed by atoms with Crippen LogP contribution in [0.5, 0.6) is 11.5 Å². The Morgan fingerprint density at radius 2 is 1.73 bits per heavy atom. The van der Waals surface area contributed by atoms with Crippen molar-refractivity contribution in [2.75, 3.05) is 14.2 Å². The lowest BCUT2D eigenvalue weighted by molar-refractivity contribution is 0.0694. The maximum atomic E-state index is 13.2. The molecule has 3 rings (SSSR count). The normalized spacial score (nSPS) is 10.7. The van der Waals surface area contributed by atoms with Gasteiger partial charge in [0.1, 0.15) is 17.1 Å². The van der Waals surface area contributed by atoms with Crippen molar-refractivity contribution in [3.63, 3.8) is 0 Å². The Bertz CT molecular complexity index is 1140. The molecule has 0 aliphatic heterocycles. The summed E-state index contributed by atoms with van der Waals surface area (Å²) in [6.07, 6.45) is 0.575. The summed E-state index contributed by atoms with van der Waals surface area (Å²) in [5.41, 5.74) is 2.23. The lowest BCUT2D eigenvalue weighted by atomic mass is 10.0. The number of aromatic carboxylic acids is 1. The number of hydrogen-bond acceptors (Lipinski definition) is 4. The van der Waals surface area contributed by atoms with E-state index in [2.05, 4.69) is 15.9 Å². The molecule has 0 bridgehead atoms. The molecule has 2 aromatic carbocycles. The van der Waals surface area contributed by atoms with Gasteiger partial charge in [0.15, 0.2) is 0 Å². The van der Waals surface area contributed by atoms with Crippen molar-refractivity contribution in [2.45, 2.75) is 19.9 Å². The predicted molar refractivity (Wildman–Crippen MR) is 119 cm³/mol. The first kappa shape index (κ1) is 21.6. The molecule has 0 amide bonds. The van der Waals surface area contributed by atoms with E-state index in [1.54, 1.807) is 26.4 Å². The van der Waals surface area contributed by atoms with Gasteiger partial charge in [-0.1, -0.05) is 35.0 Å². The molecule has 0 fully saturated rings. The molecular formula is C23H22BrNO5. The number of aryl methyl sites for hydroxylation is 1. The highest BCUT2D eigenvalue weighted by molar-refractivity contribution is 9.10. The van der Waals surface area contributed by atoms with E-state index in [1.165, 1.54) is 10.6 Å². The number of carbonyl (C=O) groups is 1. The van der Waals surface area contributed by atoms with E-state index in [0.29, 0.717) is 23.6 Å². The molecule has 30 heavy (non-hydrogen) atoms. The van der Waals surface area contributed by atoms with Crippen LogP contribution in [0.3, 0.4) is 0 Å². The van der Waals surface area contributed by atoms with E-state index in [4.69, 9.17) is 9.47 Å². The summed E-state index contributed by atoms with van der Waals surface area (Å²) in [5, 5.41) is 9.58. The number of aromatic nitrogens is 1. The molecule has 0 aliphatic carbocycles. The van der Waals surface area contributed by atoms with Crippen LogP contribution >= 0.6 is 15.9 Å². The second-order valence-electron chi connectivity index (χ2n) is 6.67.